The largest absolute Gasteiger partial charge is 0.471 e. The molecule has 0 heterocycles. The van der Waals surface area contributed by atoms with Crippen LogP contribution in [0, 0.1) is 0 Å². The van der Waals surface area contributed by atoms with Gasteiger partial charge in [-0.3, -0.25) is 4.79 Å². The molecule has 8 heteroatoms. The van der Waals surface area contributed by atoms with E-state index >= 15 is 0 Å². The number of alkyl halides is 3. The Kier molecular flexibility index (Phi) is 6.00. The Labute approximate surface area is 132 Å². The number of nitrogens with zero attached hydrogens (tertiary/aromatic N) is 2. The van der Waals surface area contributed by atoms with Crippen LogP contribution in [0.25, 0.3) is 0 Å². The van der Waals surface area contributed by atoms with Crippen LogP contribution >= 0.6 is 0 Å². The van der Waals surface area contributed by atoms with Gasteiger partial charge in [-0.2, -0.15) is 13.2 Å². The Balaban J connectivity index is 3.23. The lowest BCUT2D eigenvalue weighted by Crippen LogP contribution is -2.38. The Morgan fingerprint density at radius 1 is 1.17 bits per heavy atom. The van der Waals surface area contributed by atoms with E-state index in [-0.39, 0.29) is 17.9 Å². The van der Waals surface area contributed by atoms with Crippen molar-refractivity contribution in [2.24, 2.45) is 0 Å². The molecule has 1 rings (SSSR count). The van der Waals surface area contributed by atoms with Gasteiger partial charge in [0.25, 0.3) is 0 Å². The van der Waals surface area contributed by atoms with Crippen molar-refractivity contribution in [1.82, 2.24) is 0 Å². The topological polar surface area (TPSA) is 49.9 Å². The Morgan fingerprint density at radius 2 is 1.78 bits per heavy atom. The number of anilines is 2. The van der Waals surface area contributed by atoms with E-state index in [1.165, 1.54) is 18.2 Å². The van der Waals surface area contributed by atoms with Crippen LogP contribution in [0.4, 0.5) is 24.5 Å². The smallest absolute Gasteiger partial charge is 0.462 e. The van der Waals surface area contributed by atoms with Gasteiger partial charge in [0, 0.05) is 26.8 Å². The van der Waals surface area contributed by atoms with Gasteiger partial charge in [0.2, 0.25) is 0 Å². The molecule has 5 nitrogen and oxygen atoms in total. The third-order valence-electron chi connectivity index (χ3n) is 3.05. The van der Waals surface area contributed by atoms with E-state index in [2.05, 4.69) is 0 Å². The molecule has 1 amide bonds. The SMILES string of the molecule is CCCOC(=O)c1cc(N(C)C(=O)C(F)(F)F)ccc1N(C)C. The second-order valence-electron chi connectivity index (χ2n) is 5.09. The lowest BCUT2D eigenvalue weighted by Gasteiger charge is -2.22. The number of ether oxygens (including phenoxy) is 1. The molecule has 0 aliphatic rings. The number of carbonyl (C=O) groups is 2. The van der Waals surface area contributed by atoms with E-state index in [9.17, 15) is 22.8 Å². The van der Waals surface area contributed by atoms with Gasteiger partial charge in [-0.25, -0.2) is 4.79 Å². The summed E-state index contributed by atoms with van der Waals surface area (Å²) in [7, 11) is 4.38. The zero-order chi connectivity index (χ0) is 17.8. The predicted molar refractivity (Wildman–Crippen MR) is 80.8 cm³/mol. The molecule has 0 fully saturated rings. The first kappa shape index (κ1) is 18.8. The van der Waals surface area contributed by atoms with Gasteiger partial charge < -0.3 is 14.5 Å². The highest BCUT2D eigenvalue weighted by atomic mass is 19.4. The molecule has 128 valence electrons. The maximum absolute atomic E-state index is 12.5. The van der Waals surface area contributed by atoms with Gasteiger partial charge in [0.15, 0.2) is 0 Å². The molecular weight excluding hydrogens is 313 g/mol. The zero-order valence-corrected chi connectivity index (χ0v) is 13.4. The van der Waals surface area contributed by atoms with Crippen molar-refractivity contribution in [2.75, 3.05) is 37.5 Å². The van der Waals surface area contributed by atoms with Crippen LogP contribution in [0.3, 0.4) is 0 Å². The van der Waals surface area contributed by atoms with Gasteiger partial charge in [-0.1, -0.05) is 6.92 Å². The maximum Gasteiger partial charge on any atom is 0.471 e. The fraction of sp³-hybridized carbons (Fsp3) is 0.467. The van der Waals surface area contributed by atoms with Gasteiger partial charge in [-0.15, -0.1) is 0 Å². The molecule has 0 aliphatic carbocycles. The summed E-state index contributed by atoms with van der Waals surface area (Å²) in [6.07, 6.45) is -4.37. The average Bonchev–Trinajstić information content (AvgIpc) is 2.49. The first-order valence-corrected chi connectivity index (χ1v) is 6.93. The van der Waals surface area contributed by atoms with Gasteiger partial charge in [-0.05, 0) is 24.6 Å². The van der Waals surface area contributed by atoms with Crippen LogP contribution in [0.1, 0.15) is 23.7 Å². The Bertz CT molecular complexity index is 586. The lowest BCUT2D eigenvalue weighted by atomic mass is 10.1. The zero-order valence-electron chi connectivity index (χ0n) is 13.4. The van der Waals surface area contributed by atoms with E-state index < -0.39 is 18.1 Å². The van der Waals surface area contributed by atoms with E-state index in [4.69, 9.17) is 4.74 Å². The minimum absolute atomic E-state index is 0.0404. The first-order valence-electron chi connectivity index (χ1n) is 6.93. The highest BCUT2D eigenvalue weighted by molar-refractivity contribution is 6.01. The van der Waals surface area contributed by atoms with Crippen LogP contribution in [0.15, 0.2) is 18.2 Å². The molecule has 23 heavy (non-hydrogen) atoms. The quantitative estimate of drug-likeness (QED) is 0.778. The van der Waals surface area contributed by atoms with Crippen molar-refractivity contribution in [3.8, 4) is 0 Å². The highest BCUT2D eigenvalue weighted by Crippen LogP contribution is 2.28. The van der Waals surface area contributed by atoms with Crippen LogP contribution in [-0.2, 0) is 9.53 Å². The molecule has 0 saturated heterocycles. The monoisotopic (exact) mass is 332 g/mol. The van der Waals surface area contributed by atoms with Crippen molar-refractivity contribution in [2.45, 2.75) is 19.5 Å². The number of hydrogen-bond donors (Lipinski definition) is 0. The fourth-order valence-electron chi connectivity index (χ4n) is 1.87. The van der Waals surface area contributed by atoms with E-state index in [0.29, 0.717) is 17.0 Å². The van der Waals surface area contributed by atoms with Crippen LogP contribution in [-0.4, -0.2) is 45.8 Å². The third kappa shape index (κ3) is 4.61. The van der Waals surface area contributed by atoms with Crippen molar-refractivity contribution >= 4 is 23.3 Å². The summed E-state index contributed by atoms with van der Waals surface area (Å²) in [5.74, 6) is -2.66. The number of hydrogen-bond acceptors (Lipinski definition) is 4. The van der Waals surface area contributed by atoms with Crippen LogP contribution < -0.4 is 9.80 Å². The third-order valence-corrected chi connectivity index (χ3v) is 3.05. The molecule has 0 bridgehead atoms. The summed E-state index contributed by atoms with van der Waals surface area (Å²) in [6, 6.07) is 4.03. The van der Waals surface area contributed by atoms with E-state index in [1.54, 1.807) is 19.0 Å². The number of amides is 1. The second kappa shape index (κ2) is 7.34. The highest BCUT2D eigenvalue weighted by Gasteiger charge is 2.41. The summed E-state index contributed by atoms with van der Waals surface area (Å²) in [5.41, 5.74) is 0.548. The normalized spacial score (nSPS) is 11.1. The lowest BCUT2D eigenvalue weighted by molar-refractivity contribution is -0.170. The van der Waals surface area contributed by atoms with Crippen LogP contribution in [0.2, 0.25) is 0 Å². The summed E-state index contributed by atoms with van der Waals surface area (Å²) in [5, 5.41) is 0. The van der Waals surface area contributed by atoms with E-state index in [0.717, 1.165) is 7.05 Å². The predicted octanol–water partition coefficient (Wildman–Crippen LogP) is 2.84. The Morgan fingerprint density at radius 3 is 2.26 bits per heavy atom. The molecule has 0 aliphatic heterocycles. The molecule has 0 atom stereocenters. The summed E-state index contributed by atoms with van der Waals surface area (Å²) >= 11 is 0. The second-order valence-corrected chi connectivity index (χ2v) is 5.09. The summed E-state index contributed by atoms with van der Waals surface area (Å²) < 4.78 is 42.6. The number of benzene rings is 1. The summed E-state index contributed by atoms with van der Waals surface area (Å²) in [6.45, 7) is 2.03. The van der Waals surface area contributed by atoms with Crippen molar-refractivity contribution < 1.29 is 27.5 Å². The minimum Gasteiger partial charge on any atom is -0.462 e. The standard InChI is InChI=1S/C15H19F3N2O3/c1-5-8-23-13(21)11-9-10(6-7-12(11)19(2)3)20(4)14(22)15(16,17)18/h6-7,9H,5,8H2,1-4H3. The van der Waals surface area contributed by atoms with Crippen molar-refractivity contribution in [3.63, 3.8) is 0 Å². The van der Waals surface area contributed by atoms with Crippen LogP contribution in [0.5, 0.6) is 0 Å². The average molecular weight is 332 g/mol. The molecule has 0 radical (unpaired) electrons. The number of esters is 1. The molecule has 0 unspecified atom stereocenters. The molecule has 0 aromatic heterocycles. The number of rotatable bonds is 5. The molecule has 0 N–H and O–H groups in total. The Hall–Kier alpha value is -2.25. The fourth-order valence-corrected chi connectivity index (χ4v) is 1.87. The minimum atomic E-state index is -4.99. The number of halogens is 3. The first-order chi connectivity index (χ1) is 10.6. The van der Waals surface area contributed by atoms with Gasteiger partial charge in [0.1, 0.15) is 0 Å². The molecule has 0 spiro atoms. The van der Waals surface area contributed by atoms with Crippen molar-refractivity contribution in [3.05, 3.63) is 23.8 Å². The summed E-state index contributed by atoms with van der Waals surface area (Å²) in [4.78, 5) is 25.5. The van der Waals surface area contributed by atoms with E-state index in [1.807, 2.05) is 6.92 Å². The van der Waals surface area contributed by atoms with Gasteiger partial charge >= 0.3 is 18.1 Å². The molecule has 1 aromatic rings. The van der Waals surface area contributed by atoms with Gasteiger partial charge in [0.05, 0.1) is 17.9 Å². The molecule has 0 saturated carbocycles. The molecular formula is C15H19F3N2O3. The molecule has 1 aromatic carbocycles. The van der Waals surface area contributed by atoms with Crippen molar-refractivity contribution in [1.29, 1.82) is 0 Å². The number of carbonyl (C=O) groups excluding carboxylic acids is 2. The maximum atomic E-state index is 12.5.